The van der Waals surface area contributed by atoms with Gasteiger partial charge >= 0.3 is 0 Å². The van der Waals surface area contributed by atoms with Crippen molar-refractivity contribution >= 4 is 22.6 Å². The molecule has 1 aliphatic heterocycles. The molecule has 1 unspecified atom stereocenters. The maximum Gasteiger partial charge on any atom is 0.282 e. The molecule has 1 fully saturated rings. The lowest BCUT2D eigenvalue weighted by molar-refractivity contribution is 0.147. The molecule has 0 aliphatic carbocycles. The quantitative estimate of drug-likeness (QED) is 0.617. The number of nitrogens with zero attached hydrogens (tertiary/aromatic N) is 2. The van der Waals surface area contributed by atoms with Crippen LogP contribution in [-0.2, 0) is 19.7 Å². The van der Waals surface area contributed by atoms with Crippen LogP contribution < -0.4 is 5.73 Å². The van der Waals surface area contributed by atoms with E-state index in [9.17, 15) is 8.42 Å². The zero-order valence-electron chi connectivity index (χ0n) is 12.2. The highest BCUT2D eigenvalue weighted by Gasteiger charge is 2.34. The standard InChI is InChI=1S/C11H25N3O4S.ClH/c1-17-7-5-13(6-8-18-2)19(15,16)14-4-3-11(9-12)10-14;/h11H,3-10,12H2,1-2H3;1H. The Morgan fingerprint density at radius 3 is 2.20 bits per heavy atom. The minimum atomic E-state index is -3.44. The lowest BCUT2D eigenvalue weighted by Crippen LogP contribution is -2.45. The highest BCUT2D eigenvalue weighted by molar-refractivity contribution is 7.86. The van der Waals surface area contributed by atoms with Gasteiger partial charge in [0.15, 0.2) is 0 Å². The van der Waals surface area contributed by atoms with Gasteiger partial charge in [-0.25, -0.2) is 0 Å². The Hall–Kier alpha value is 0.0400. The second-order valence-electron chi connectivity index (χ2n) is 4.64. The minimum absolute atomic E-state index is 0. The Bertz CT molecular complexity index is 348. The van der Waals surface area contributed by atoms with Crippen LogP contribution >= 0.6 is 12.4 Å². The Balaban J connectivity index is 0.00000361. The first-order chi connectivity index (χ1) is 9.06. The number of nitrogens with two attached hydrogens (primary N) is 1. The summed E-state index contributed by atoms with van der Waals surface area (Å²) in [5, 5.41) is 0. The van der Waals surface area contributed by atoms with Crippen molar-refractivity contribution in [3.05, 3.63) is 0 Å². The van der Waals surface area contributed by atoms with Crippen molar-refractivity contribution in [1.82, 2.24) is 8.61 Å². The summed E-state index contributed by atoms with van der Waals surface area (Å²) in [7, 11) is -0.323. The van der Waals surface area contributed by atoms with Gasteiger partial charge in [-0.3, -0.25) is 0 Å². The van der Waals surface area contributed by atoms with Gasteiger partial charge in [0.2, 0.25) is 0 Å². The molecule has 9 heteroatoms. The third kappa shape index (κ3) is 5.44. The summed E-state index contributed by atoms with van der Waals surface area (Å²) >= 11 is 0. The van der Waals surface area contributed by atoms with E-state index in [1.807, 2.05) is 0 Å². The van der Waals surface area contributed by atoms with Crippen LogP contribution in [0.15, 0.2) is 0 Å². The maximum absolute atomic E-state index is 12.5. The van der Waals surface area contributed by atoms with E-state index in [2.05, 4.69) is 0 Å². The van der Waals surface area contributed by atoms with E-state index in [4.69, 9.17) is 15.2 Å². The molecule has 1 saturated heterocycles. The van der Waals surface area contributed by atoms with Gasteiger partial charge in [-0.15, -0.1) is 12.4 Å². The molecule has 1 atom stereocenters. The highest BCUT2D eigenvalue weighted by Crippen LogP contribution is 2.20. The Morgan fingerprint density at radius 1 is 1.25 bits per heavy atom. The van der Waals surface area contributed by atoms with Crippen LogP contribution in [0.3, 0.4) is 0 Å². The van der Waals surface area contributed by atoms with Crippen molar-refractivity contribution in [2.24, 2.45) is 11.7 Å². The summed E-state index contributed by atoms with van der Waals surface area (Å²) in [5.74, 6) is 0.265. The van der Waals surface area contributed by atoms with E-state index < -0.39 is 10.2 Å². The molecule has 1 heterocycles. The van der Waals surface area contributed by atoms with E-state index in [0.29, 0.717) is 45.9 Å². The highest BCUT2D eigenvalue weighted by atomic mass is 35.5. The van der Waals surface area contributed by atoms with Crippen LogP contribution in [0.5, 0.6) is 0 Å². The lowest BCUT2D eigenvalue weighted by atomic mass is 10.1. The van der Waals surface area contributed by atoms with Gasteiger partial charge in [0.05, 0.1) is 13.2 Å². The van der Waals surface area contributed by atoms with Crippen molar-refractivity contribution in [3.63, 3.8) is 0 Å². The molecule has 0 spiro atoms. The molecule has 0 aromatic carbocycles. The smallest absolute Gasteiger partial charge is 0.282 e. The van der Waals surface area contributed by atoms with Crippen molar-refractivity contribution < 1.29 is 17.9 Å². The Labute approximate surface area is 128 Å². The Morgan fingerprint density at radius 2 is 1.80 bits per heavy atom. The van der Waals surface area contributed by atoms with Gasteiger partial charge < -0.3 is 15.2 Å². The number of halogens is 1. The van der Waals surface area contributed by atoms with Gasteiger partial charge in [-0.1, -0.05) is 0 Å². The fourth-order valence-electron chi connectivity index (χ4n) is 2.09. The molecule has 7 nitrogen and oxygen atoms in total. The third-order valence-electron chi connectivity index (χ3n) is 3.32. The minimum Gasteiger partial charge on any atom is -0.383 e. The normalized spacial score (nSPS) is 20.3. The second-order valence-corrected chi connectivity index (χ2v) is 6.57. The average Bonchev–Trinajstić information content (AvgIpc) is 2.88. The van der Waals surface area contributed by atoms with Gasteiger partial charge in [0.1, 0.15) is 0 Å². The van der Waals surface area contributed by atoms with E-state index in [0.717, 1.165) is 6.42 Å². The first-order valence-corrected chi connectivity index (χ1v) is 7.89. The zero-order valence-corrected chi connectivity index (χ0v) is 13.8. The van der Waals surface area contributed by atoms with Crippen molar-refractivity contribution in [1.29, 1.82) is 0 Å². The van der Waals surface area contributed by atoms with Crippen LogP contribution in [0, 0.1) is 5.92 Å². The molecule has 1 aliphatic rings. The van der Waals surface area contributed by atoms with Gasteiger partial charge in [-0.2, -0.15) is 17.0 Å². The first-order valence-electron chi connectivity index (χ1n) is 6.49. The van der Waals surface area contributed by atoms with Crippen molar-refractivity contribution in [2.45, 2.75) is 6.42 Å². The van der Waals surface area contributed by atoms with Crippen LogP contribution in [-0.4, -0.2) is 77.2 Å². The second kappa shape index (κ2) is 9.88. The molecular weight excluding hydrogens is 306 g/mol. The van der Waals surface area contributed by atoms with Gasteiger partial charge in [0, 0.05) is 40.4 Å². The molecule has 0 aromatic heterocycles. The summed E-state index contributed by atoms with van der Waals surface area (Å²) in [4.78, 5) is 0. The predicted octanol–water partition coefficient (Wildman–Crippen LogP) is -0.472. The molecule has 0 amide bonds. The lowest BCUT2D eigenvalue weighted by Gasteiger charge is -2.27. The van der Waals surface area contributed by atoms with E-state index >= 15 is 0 Å². The molecule has 20 heavy (non-hydrogen) atoms. The molecule has 0 radical (unpaired) electrons. The summed E-state index contributed by atoms with van der Waals surface area (Å²) in [6.07, 6.45) is 0.831. The predicted molar refractivity (Wildman–Crippen MR) is 80.2 cm³/mol. The fourth-order valence-corrected chi connectivity index (χ4v) is 3.76. The van der Waals surface area contributed by atoms with Crippen LogP contribution in [0.1, 0.15) is 6.42 Å². The molecule has 0 saturated carbocycles. The molecule has 0 bridgehead atoms. The summed E-state index contributed by atoms with van der Waals surface area (Å²) in [6, 6.07) is 0. The SMILES string of the molecule is COCCN(CCOC)S(=O)(=O)N1CCC(CN)C1.Cl. The average molecular weight is 332 g/mol. The monoisotopic (exact) mass is 331 g/mol. The largest absolute Gasteiger partial charge is 0.383 e. The van der Waals surface area contributed by atoms with Crippen molar-refractivity contribution in [3.8, 4) is 0 Å². The van der Waals surface area contributed by atoms with Crippen LogP contribution in [0.25, 0.3) is 0 Å². The van der Waals surface area contributed by atoms with Crippen LogP contribution in [0.2, 0.25) is 0 Å². The number of hydrogen-bond acceptors (Lipinski definition) is 5. The number of methoxy groups -OCH3 is 2. The molecule has 122 valence electrons. The number of ether oxygens (including phenoxy) is 2. The van der Waals surface area contributed by atoms with Crippen LogP contribution in [0.4, 0.5) is 0 Å². The number of hydrogen-bond donors (Lipinski definition) is 1. The third-order valence-corrected chi connectivity index (χ3v) is 5.33. The molecule has 2 N–H and O–H groups in total. The maximum atomic E-state index is 12.5. The van der Waals surface area contributed by atoms with Crippen molar-refractivity contribution in [2.75, 3.05) is 60.2 Å². The van der Waals surface area contributed by atoms with E-state index in [1.54, 1.807) is 14.2 Å². The zero-order chi connectivity index (χ0) is 14.3. The Kier molecular flexibility index (Phi) is 9.90. The topological polar surface area (TPSA) is 85.1 Å². The molecule has 1 rings (SSSR count). The summed E-state index contributed by atoms with van der Waals surface area (Å²) in [6.45, 7) is 3.00. The van der Waals surface area contributed by atoms with E-state index in [-0.39, 0.29) is 18.3 Å². The van der Waals surface area contributed by atoms with Gasteiger partial charge in [0.25, 0.3) is 10.2 Å². The number of rotatable bonds is 9. The summed E-state index contributed by atoms with van der Waals surface area (Å²) < 4.78 is 37.9. The fraction of sp³-hybridized carbons (Fsp3) is 1.00. The summed E-state index contributed by atoms with van der Waals surface area (Å²) in [5.41, 5.74) is 5.60. The molecular formula is C11H26ClN3O4S. The first kappa shape index (κ1) is 20.0. The van der Waals surface area contributed by atoms with E-state index in [1.165, 1.54) is 8.61 Å². The van der Waals surface area contributed by atoms with Gasteiger partial charge in [-0.05, 0) is 18.9 Å². The molecule has 0 aromatic rings.